The first-order valence-corrected chi connectivity index (χ1v) is 12.8. The molecule has 1 unspecified atom stereocenters. The minimum absolute atomic E-state index is 0.186. The van der Waals surface area contributed by atoms with Gasteiger partial charge in [0.25, 0.3) is 0 Å². The summed E-state index contributed by atoms with van der Waals surface area (Å²) in [6, 6.07) is 15.8. The van der Waals surface area contributed by atoms with E-state index in [9.17, 15) is 14.7 Å². The summed E-state index contributed by atoms with van der Waals surface area (Å²) in [5.74, 6) is -2.22. The number of fused-ring (bicyclic) bond motifs is 1. The lowest BCUT2D eigenvalue weighted by Crippen LogP contribution is -2.32. The van der Waals surface area contributed by atoms with E-state index in [1.54, 1.807) is 20.2 Å². The molecule has 37 heavy (non-hydrogen) atoms. The van der Waals surface area contributed by atoms with Crippen LogP contribution in [0.15, 0.2) is 83.4 Å². The average molecular weight is 498 g/mol. The molecule has 2 N–H and O–H groups in total. The number of hydrogen-bond donors (Lipinski definition) is 2. The minimum atomic E-state index is -1.04. The Bertz CT molecular complexity index is 1430. The van der Waals surface area contributed by atoms with Gasteiger partial charge < -0.3 is 15.2 Å². The lowest BCUT2D eigenvalue weighted by atomic mass is 9.80. The zero-order valence-electron chi connectivity index (χ0n) is 21.2. The highest BCUT2D eigenvalue weighted by molar-refractivity contribution is 6.04. The molecule has 0 radical (unpaired) electrons. The summed E-state index contributed by atoms with van der Waals surface area (Å²) in [5, 5.41) is 13.3. The Hall–Kier alpha value is -4.13. The molecule has 2 heterocycles. The van der Waals surface area contributed by atoms with E-state index in [4.69, 9.17) is 4.74 Å². The van der Waals surface area contributed by atoms with E-state index in [2.05, 4.69) is 10.3 Å². The van der Waals surface area contributed by atoms with Crippen LogP contribution in [-0.2, 0) is 14.3 Å². The van der Waals surface area contributed by atoms with E-state index in [1.165, 1.54) is 12.0 Å². The number of allylic oxidation sites excluding steroid dienone is 3. The monoisotopic (exact) mass is 497 g/mol. The number of rotatable bonds is 6. The Kier molecular flexibility index (Phi) is 6.95. The minimum Gasteiger partial charge on any atom is -0.478 e. The first-order chi connectivity index (χ1) is 18.0. The second kappa shape index (κ2) is 10.5. The van der Waals surface area contributed by atoms with E-state index in [-0.39, 0.29) is 12.2 Å². The predicted octanol–water partition coefficient (Wildman–Crippen LogP) is 5.77. The number of aliphatic carboxylic acids is 1. The molecule has 0 amide bonds. The summed E-state index contributed by atoms with van der Waals surface area (Å²) in [5.41, 5.74) is 6.47. The van der Waals surface area contributed by atoms with Gasteiger partial charge in [-0.25, -0.2) is 14.6 Å². The van der Waals surface area contributed by atoms with Crippen LogP contribution in [0.2, 0.25) is 0 Å². The second-order valence-corrected chi connectivity index (χ2v) is 9.49. The van der Waals surface area contributed by atoms with Gasteiger partial charge in [-0.05, 0) is 69.4 Å². The molecule has 190 valence electrons. The topological polar surface area (TPSA) is 93.5 Å². The van der Waals surface area contributed by atoms with Crippen molar-refractivity contribution in [1.82, 2.24) is 14.9 Å². The number of nitrogens with one attached hydrogen (secondary N) is 1. The predicted molar refractivity (Wildman–Crippen MR) is 143 cm³/mol. The van der Waals surface area contributed by atoms with Crippen LogP contribution in [0.25, 0.3) is 22.4 Å². The number of carboxylic acid groups (broad SMARTS) is 1. The van der Waals surface area contributed by atoms with E-state index < -0.39 is 17.9 Å². The molecule has 2 aromatic carbocycles. The number of nitrogens with zero attached hydrogens (tertiary/aromatic N) is 2. The van der Waals surface area contributed by atoms with Gasteiger partial charge in [0.05, 0.1) is 34.5 Å². The standard InChI is InChI=1S/C30H31N3O4/c1-3-37-30(36)27-23(17-20-9-5-4-6-10-20)26(29(34)35)19(2)32-28(27)21-13-15-22(16-14-21)33-18-31-24-11-7-8-12-25(24)33/h7-8,11-18,23,32H,3-6,9-10H2,1-2H3,(H,34,35). The smallest absolute Gasteiger partial charge is 0.337 e. The third-order valence-electron chi connectivity index (χ3n) is 7.12. The molecular formula is C30H31N3O4. The molecule has 1 aromatic heterocycles. The zero-order valence-corrected chi connectivity index (χ0v) is 21.2. The SMILES string of the molecule is CCOC(=O)C1=C(c2ccc(-n3cnc4ccccc43)cc2)NC(C)=C(C(=O)O)C1C=C1CCCCC1. The third-order valence-corrected chi connectivity index (χ3v) is 7.12. The van der Waals surface area contributed by atoms with Crippen LogP contribution in [0.5, 0.6) is 0 Å². The molecule has 1 aliphatic heterocycles. The van der Waals surface area contributed by atoms with Crippen molar-refractivity contribution in [2.75, 3.05) is 6.61 Å². The van der Waals surface area contributed by atoms with Gasteiger partial charge in [-0.2, -0.15) is 0 Å². The molecular weight excluding hydrogens is 466 g/mol. The number of ether oxygens (including phenoxy) is 1. The van der Waals surface area contributed by atoms with Crippen molar-refractivity contribution < 1.29 is 19.4 Å². The second-order valence-electron chi connectivity index (χ2n) is 9.49. The molecule has 2 aliphatic rings. The summed E-state index contributed by atoms with van der Waals surface area (Å²) in [6.07, 6.45) is 8.97. The lowest BCUT2D eigenvalue weighted by Gasteiger charge is -2.30. The summed E-state index contributed by atoms with van der Waals surface area (Å²) < 4.78 is 7.46. The van der Waals surface area contributed by atoms with Crippen LogP contribution < -0.4 is 5.32 Å². The Morgan fingerprint density at radius 3 is 2.51 bits per heavy atom. The first-order valence-electron chi connectivity index (χ1n) is 12.8. The van der Waals surface area contributed by atoms with Crippen molar-refractivity contribution in [2.45, 2.75) is 46.0 Å². The molecule has 0 bridgehead atoms. The maximum absolute atomic E-state index is 13.3. The number of carbonyl (C=O) groups is 2. The zero-order chi connectivity index (χ0) is 25.9. The van der Waals surface area contributed by atoms with Crippen LogP contribution >= 0.6 is 0 Å². The van der Waals surface area contributed by atoms with Crippen molar-refractivity contribution >= 4 is 28.7 Å². The number of para-hydroxylation sites is 2. The summed E-state index contributed by atoms with van der Waals surface area (Å²) in [4.78, 5) is 30.2. The molecule has 3 aromatic rings. The lowest BCUT2D eigenvalue weighted by molar-refractivity contribution is -0.138. The molecule has 1 saturated carbocycles. The van der Waals surface area contributed by atoms with Crippen LogP contribution in [-0.4, -0.2) is 33.2 Å². The number of hydrogen-bond acceptors (Lipinski definition) is 5. The number of imidazole rings is 1. The van der Waals surface area contributed by atoms with Gasteiger partial charge in [0.1, 0.15) is 6.33 Å². The molecule has 1 atom stereocenters. The average Bonchev–Trinajstić information content (AvgIpc) is 3.33. The number of dihydropyridines is 1. The van der Waals surface area contributed by atoms with Gasteiger partial charge in [0, 0.05) is 17.3 Å². The maximum atomic E-state index is 13.3. The van der Waals surface area contributed by atoms with Gasteiger partial charge in [0.2, 0.25) is 0 Å². The highest BCUT2D eigenvalue weighted by Gasteiger charge is 2.36. The summed E-state index contributed by atoms with van der Waals surface area (Å²) in [6.45, 7) is 3.72. The molecule has 5 rings (SSSR count). The molecule has 1 aliphatic carbocycles. The quantitative estimate of drug-likeness (QED) is 0.332. The molecule has 7 nitrogen and oxygen atoms in total. The van der Waals surface area contributed by atoms with Crippen molar-refractivity contribution in [1.29, 1.82) is 0 Å². The maximum Gasteiger partial charge on any atom is 0.337 e. The van der Waals surface area contributed by atoms with Gasteiger partial charge in [0.15, 0.2) is 0 Å². The van der Waals surface area contributed by atoms with E-state index in [1.807, 2.05) is 59.2 Å². The fourth-order valence-corrected chi connectivity index (χ4v) is 5.34. The number of aromatic nitrogens is 2. The number of esters is 1. The van der Waals surface area contributed by atoms with Gasteiger partial charge in [-0.15, -0.1) is 0 Å². The van der Waals surface area contributed by atoms with Gasteiger partial charge in [-0.1, -0.05) is 42.3 Å². The van der Waals surface area contributed by atoms with Crippen molar-refractivity contribution in [2.24, 2.45) is 5.92 Å². The van der Waals surface area contributed by atoms with E-state index >= 15 is 0 Å². The number of carbonyl (C=O) groups excluding carboxylic acids is 1. The van der Waals surface area contributed by atoms with Crippen molar-refractivity contribution in [3.63, 3.8) is 0 Å². The molecule has 1 fully saturated rings. The van der Waals surface area contributed by atoms with Gasteiger partial charge >= 0.3 is 11.9 Å². The highest BCUT2D eigenvalue weighted by Crippen LogP contribution is 2.38. The Morgan fingerprint density at radius 2 is 1.81 bits per heavy atom. The molecule has 0 spiro atoms. The van der Waals surface area contributed by atoms with E-state index in [0.29, 0.717) is 17.0 Å². The Balaban J connectivity index is 1.61. The third kappa shape index (κ3) is 4.81. The fourth-order valence-electron chi connectivity index (χ4n) is 5.34. The molecule has 0 saturated heterocycles. The van der Waals surface area contributed by atoms with E-state index in [0.717, 1.165) is 48.0 Å². The Morgan fingerprint density at radius 1 is 1.08 bits per heavy atom. The number of carboxylic acids is 1. The van der Waals surface area contributed by atoms with Gasteiger partial charge in [-0.3, -0.25) is 4.57 Å². The van der Waals surface area contributed by atoms with Crippen LogP contribution in [0.3, 0.4) is 0 Å². The first kappa shape index (κ1) is 24.6. The fraction of sp³-hybridized carbons (Fsp3) is 0.300. The van der Waals surface area contributed by atoms with Crippen LogP contribution in [0, 0.1) is 5.92 Å². The Labute approximate surface area is 216 Å². The number of benzene rings is 2. The largest absolute Gasteiger partial charge is 0.478 e. The van der Waals surface area contributed by atoms with Crippen molar-refractivity contribution in [3.8, 4) is 5.69 Å². The summed E-state index contributed by atoms with van der Waals surface area (Å²) >= 11 is 0. The van der Waals surface area contributed by atoms with Crippen LogP contribution in [0.1, 0.15) is 51.5 Å². The summed E-state index contributed by atoms with van der Waals surface area (Å²) in [7, 11) is 0. The van der Waals surface area contributed by atoms with Crippen molar-refractivity contribution in [3.05, 3.63) is 88.9 Å². The van der Waals surface area contributed by atoms with Crippen LogP contribution in [0.4, 0.5) is 0 Å². The molecule has 7 heteroatoms. The normalized spacial score (nSPS) is 18.1. The highest BCUT2D eigenvalue weighted by atomic mass is 16.5.